The summed E-state index contributed by atoms with van der Waals surface area (Å²) in [4.78, 5) is 2.34. The maximum Gasteiger partial charge on any atom is 0.0455 e. The molecule has 1 spiro atoms. The second kappa shape index (κ2) is 3.75. The molecule has 2 heterocycles. The van der Waals surface area contributed by atoms with Crippen molar-refractivity contribution in [1.82, 2.24) is 4.90 Å². The van der Waals surface area contributed by atoms with Crippen LogP contribution in [-0.4, -0.2) is 31.2 Å². The molecule has 86 valence electrons. The molecule has 0 atom stereocenters. The summed E-state index contributed by atoms with van der Waals surface area (Å²) >= 11 is 0. The van der Waals surface area contributed by atoms with E-state index in [1.165, 1.54) is 24.1 Å². The lowest BCUT2D eigenvalue weighted by Crippen LogP contribution is -2.45. The molecule has 3 nitrogen and oxygen atoms in total. The molecule has 2 aliphatic rings. The summed E-state index contributed by atoms with van der Waals surface area (Å²) in [6.45, 7) is 4.06. The molecule has 0 aliphatic carbocycles. The lowest BCUT2D eigenvalue weighted by atomic mass is 9.74. The van der Waals surface area contributed by atoms with Crippen molar-refractivity contribution >= 4 is 5.69 Å². The fourth-order valence-electron chi connectivity index (χ4n) is 3.07. The fourth-order valence-corrected chi connectivity index (χ4v) is 3.07. The Kier molecular flexibility index (Phi) is 2.37. The normalized spacial score (nSPS) is 23.1. The molecule has 3 heteroatoms. The highest BCUT2D eigenvalue weighted by Crippen LogP contribution is 2.43. The van der Waals surface area contributed by atoms with Crippen molar-refractivity contribution in [2.45, 2.75) is 18.3 Å². The Morgan fingerprint density at radius 1 is 1.25 bits per heavy atom. The van der Waals surface area contributed by atoms with Gasteiger partial charge < -0.3 is 11.1 Å². The number of para-hydroxylation sites is 1. The SMILES string of the molecule is NCN1CCC2(CC1)CNc1ccccc12. The van der Waals surface area contributed by atoms with Gasteiger partial charge in [-0.25, -0.2) is 0 Å². The van der Waals surface area contributed by atoms with Crippen LogP contribution in [0.25, 0.3) is 0 Å². The summed E-state index contributed by atoms with van der Waals surface area (Å²) in [5.74, 6) is 0. The van der Waals surface area contributed by atoms with Crippen molar-refractivity contribution in [1.29, 1.82) is 0 Å². The van der Waals surface area contributed by atoms with E-state index in [4.69, 9.17) is 5.73 Å². The molecule has 0 amide bonds. The number of rotatable bonds is 1. The van der Waals surface area contributed by atoms with Gasteiger partial charge in [0, 0.05) is 37.4 Å². The third-order valence-corrected chi connectivity index (χ3v) is 4.19. The number of nitrogens with two attached hydrogens (primary N) is 1. The Bertz CT molecular complexity index is 381. The van der Waals surface area contributed by atoms with Gasteiger partial charge >= 0.3 is 0 Å². The minimum absolute atomic E-state index is 0.377. The van der Waals surface area contributed by atoms with Crippen molar-refractivity contribution in [2.75, 3.05) is 31.6 Å². The van der Waals surface area contributed by atoms with E-state index in [-0.39, 0.29) is 0 Å². The average Bonchev–Trinajstić information content (AvgIpc) is 2.71. The number of fused-ring (bicyclic) bond motifs is 2. The smallest absolute Gasteiger partial charge is 0.0455 e. The molecule has 3 rings (SSSR count). The lowest BCUT2D eigenvalue weighted by Gasteiger charge is -2.38. The number of piperidine rings is 1. The van der Waals surface area contributed by atoms with Crippen molar-refractivity contribution in [2.24, 2.45) is 5.73 Å². The predicted octanol–water partition coefficient (Wildman–Crippen LogP) is 1.36. The molecule has 0 radical (unpaired) electrons. The number of likely N-dealkylation sites (tertiary alicyclic amines) is 1. The zero-order valence-electron chi connectivity index (χ0n) is 9.58. The highest BCUT2D eigenvalue weighted by atomic mass is 15.2. The average molecular weight is 217 g/mol. The van der Waals surface area contributed by atoms with Gasteiger partial charge in [-0.2, -0.15) is 0 Å². The van der Waals surface area contributed by atoms with E-state index in [0.29, 0.717) is 12.1 Å². The Hall–Kier alpha value is -1.06. The van der Waals surface area contributed by atoms with E-state index < -0.39 is 0 Å². The van der Waals surface area contributed by atoms with Gasteiger partial charge in [0.15, 0.2) is 0 Å². The molecule has 16 heavy (non-hydrogen) atoms. The molecule has 1 aromatic carbocycles. The molecule has 0 aromatic heterocycles. The largest absolute Gasteiger partial charge is 0.384 e. The van der Waals surface area contributed by atoms with Gasteiger partial charge in [-0.1, -0.05) is 18.2 Å². The molecule has 0 unspecified atom stereocenters. The molecule has 1 aromatic rings. The molecule has 0 bridgehead atoms. The number of nitrogens with one attached hydrogen (secondary N) is 1. The number of anilines is 1. The Balaban J connectivity index is 1.87. The van der Waals surface area contributed by atoms with Crippen molar-refractivity contribution in [3.05, 3.63) is 29.8 Å². The maximum absolute atomic E-state index is 5.70. The third-order valence-electron chi connectivity index (χ3n) is 4.19. The van der Waals surface area contributed by atoms with Gasteiger partial charge in [-0.3, -0.25) is 4.90 Å². The van der Waals surface area contributed by atoms with Crippen LogP contribution in [0.5, 0.6) is 0 Å². The zero-order valence-corrected chi connectivity index (χ0v) is 9.58. The predicted molar refractivity (Wildman–Crippen MR) is 66.5 cm³/mol. The summed E-state index contributed by atoms with van der Waals surface area (Å²) in [5.41, 5.74) is 8.93. The van der Waals surface area contributed by atoms with E-state index in [2.05, 4.69) is 34.5 Å². The highest BCUT2D eigenvalue weighted by molar-refractivity contribution is 5.60. The third kappa shape index (κ3) is 1.43. The summed E-state index contributed by atoms with van der Waals surface area (Å²) in [6.07, 6.45) is 2.46. The van der Waals surface area contributed by atoms with E-state index in [1.807, 2.05) is 0 Å². The summed E-state index contributed by atoms with van der Waals surface area (Å²) in [5, 5.41) is 3.54. The number of hydrogen-bond acceptors (Lipinski definition) is 3. The fraction of sp³-hybridized carbons (Fsp3) is 0.538. The van der Waals surface area contributed by atoms with Crippen LogP contribution in [0.2, 0.25) is 0 Å². The summed E-state index contributed by atoms with van der Waals surface area (Å²) in [7, 11) is 0. The second-order valence-corrected chi connectivity index (χ2v) is 4.98. The first-order valence-corrected chi connectivity index (χ1v) is 6.10. The summed E-state index contributed by atoms with van der Waals surface area (Å²) < 4.78 is 0. The van der Waals surface area contributed by atoms with Gasteiger partial charge in [-0.05, 0) is 24.5 Å². The van der Waals surface area contributed by atoms with Gasteiger partial charge in [0.25, 0.3) is 0 Å². The van der Waals surface area contributed by atoms with Crippen LogP contribution in [0.3, 0.4) is 0 Å². The molecule has 1 saturated heterocycles. The van der Waals surface area contributed by atoms with Crippen LogP contribution < -0.4 is 11.1 Å². The van der Waals surface area contributed by atoms with Crippen LogP contribution >= 0.6 is 0 Å². The van der Waals surface area contributed by atoms with Crippen LogP contribution in [0.4, 0.5) is 5.69 Å². The van der Waals surface area contributed by atoms with Gasteiger partial charge in [-0.15, -0.1) is 0 Å². The van der Waals surface area contributed by atoms with Crippen LogP contribution in [0.15, 0.2) is 24.3 Å². The van der Waals surface area contributed by atoms with Crippen molar-refractivity contribution in [3.63, 3.8) is 0 Å². The van der Waals surface area contributed by atoms with Gasteiger partial charge in [0.2, 0.25) is 0 Å². The Morgan fingerprint density at radius 2 is 2.00 bits per heavy atom. The standard InChI is InChI=1S/C13H19N3/c14-10-16-7-5-13(6-8-16)9-15-12-4-2-1-3-11(12)13/h1-4,15H,5-10,14H2. The first-order chi connectivity index (χ1) is 7.84. The molecule has 1 fully saturated rings. The quantitative estimate of drug-likeness (QED) is 0.746. The van der Waals surface area contributed by atoms with Crippen molar-refractivity contribution < 1.29 is 0 Å². The molecule has 2 aliphatic heterocycles. The molecular formula is C13H19N3. The summed E-state index contributed by atoms with van der Waals surface area (Å²) in [6, 6.07) is 8.75. The minimum Gasteiger partial charge on any atom is -0.384 e. The Morgan fingerprint density at radius 3 is 2.75 bits per heavy atom. The number of hydrogen-bond donors (Lipinski definition) is 2. The monoisotopic (exact) mass is 217 g/mol. The molecule has 0 saturated carbocycles. The zero-order chi connectivity index (χ0) is 11.0. The van der Waals surface area contributed by atoms with E-state index in [0.717, 1.165) is 19.6 Å². The highest BCUT2D eigenvalue weighted by Gasteiger charge is 2.40. The van der Waals surface area contributed by atoms with Gasteiger partial charge in [0.05, 0.1) is 0 Å². The first-order valence-electron chi connectivity index (χ1n) is 6.10. The number of benzene rings is 1. The Labute approximate surface area is 96.6 Å². The van der Waals surface area contributed by atoms with Gasteiger partial charge in [0.1, 0.15) is 0 Å². The minimum atomic E-state index is 0.377. The van der Waals surface area contributed by atoms with E-state index in [1.54, 1.807) is 0 Å². The second-order valence-electron chi connectivity index (χ2n) is 4.98. The van der Waals surface area contributed by atoms with E-state index >= 15 is 0 Å². The van der Waals surface area contributed by atoms with Crippen LogP contribution in [0.1, 0.15) is 18.4 Å². The van der Waals surface area contributed by atoms with E-state index in [9.17, 15) is 0 Å². The molecular weight excluding hydrogens is 198 g/mol. The first kappa shape index (κ1) is 10.1. The van der Waals surface area contributed by atoms with Crippen LogP contribution in [0, 0.1) is 0 Å². The maximum atomic E-state index is 5.70. The van der Waals surface area contributed by atoms with Crippen LogP contribution in [-0.2, 0) is 5.41 Å². The topological polar surface area (TPSA) is 41.3 Å². The van der Waals surface area contributed by atoms with Crippen molar-refractivity contribution in [3.8, 4) is 0 Å². The number of nitrogens with zero attached hydrogens (tertiary/aromatic N) is 1. The lowest BCUT2D eigenvalue weighted by molar-refractivity contribution is 0.172. The molecule has 3 N–H and O–H groups in total.